The van der Waals surface area contributed by atoms with Gasteiger partial charge in [-0.1, -0.05) is 0 Å². The summed E-state index contributed by atoms with van der Waals surface area (Å²) in [5, 5.41) is 2.89. The van der Waals surface area contributed by atoms with E-state index >= 15 is 0 Å². The smallest absolute Gasteiger partial charge is 0.227 e. The van der Waals surface area contributed by atoms with Crippen LogP contribution in [0.3, 0.4) is 0 Å². The molecule has 0 saturated carbocycles. The Morgan fingerprint density at radius 1 is 1.25 bits per heavy atom. The van der Waals surface area contributed by atoms with Gasteiger partial charge in [0.15, 0.2) is 11.5 Å². The molecule has 6 nitrogen and oxygen atoms in total. The van der Waals surface area contributed by atoms with Crippen molar-refractivity contribution in [3.05, 3.63) is 11.6 Å². The van der Waals surface area contributed by atoms with E-state index in [1.54, 1.807) is 27.4 Å². The van der Waals surface area contributed by atoms with E-state index in [1.165, 1.54) is 0 Å². The van der Waals surface area contributed by atoms with Gasteiger partial charge in [-0.2, -0.15) is 0 Å². The third-order valence-electron chi connectivity index (χ3n) is 3.53. The third-order valence-corrected chi connectivity index (χ3v) is 3.53. The molecule has 0 saturated heterocycles. The number of carbonyl (C=O) groups excluding carboxylic acids is 1. The molecule has 1 atom stereocenters. The predicted molar refractivity (Wildman–Crippen MR) is 75.6 cm³/mol. The molecule has 0 aromatic heterocycles. The van der Waals surface area contributed by atoms with Crippen LogP contribution >= 0.6 is 0 Å². The fraction of sp³-hybridized carbons (Fsp3) is 0.500. The molecular weight excluding hydrogens is 260 g/mol. The van der Waals surface area contributed by atoms with Crippen LogP contribution in [0.25, 0.3) is 0 Å². The number of amides is 1. The monoisotopic (exact) mass is 280 g/mol. The number of hydrogen-bond donors (Lipinski definition) is 2. The fourth-order valence-corrected chi connectivity index (χ4v) is 2.54. The molecule has 2 rings (SSSR count). The van der Waals surface area contributed by atoms with E-state index in [0.717, 1.165) is 5.56 Å². The summed E-state index contributed by atoms with van der Waals surface area (Å²) in [5.74, 6) is 1.51. The second kappa shape index (κ2) is 6.00. The zero-order valence-corrected chi connectivity index (χ0v) is 12.0. The lowest BCUT2D eigenvalue weighted by molar-refractivity contribution is -0.120. The number of rotatable bonds is 5. The van der Waals surface area contributed by atoms with E-state index in [4.69, 9.17) is 19.9 Å². The molecule has 1 amide bonds. The van der Waals surface area contributed by atoms with Gasteiger partial charge in [0.2, 0.25) is 11.7 Å². The first-order valence-electron chi connectivity index (χ1n) is 6.49. The lowest BCUT2D eigenvalue weighted by atomic mass is 9.89. The van der Waals surface area contributed by atoms with E-state index in [9.17, 15) is 4.79 Å². The van der Waals surface area contributed by atoms with Crippen molar-refractivity contribution in [2.45, 2.75) is 12.8 Å². The predicted octanol–water partition coefficient (Wildman–Crippen LogP) is 1.17. The van der Waals surface area contributed by atoms with Crippen LogP contribution in [0.2, 0.25) is 0 Å². The second-order valence-corrected chi connectivity index (χ2v) is 4.64. The molecule has 1 heterocycles. The lowest BCUT2D eigenvalue weighted by Gasteiger charge is -2.27. The molecule has 0 bridgehead atoms. The van der Waals surface area contributed by atoms with Crippen molar-refractivity contribution in [1.29, 1.82) is 0 Å². The van der Waals surface area contributed by atoms with Crippen molar-refractivity contribution >= 4 is 11.6 Å². The highest BCUT2D eigenvalue weighted by atomic mass is 16.5. The largest absolute Gasteiger partial charge is 0.493 e. The van der Waals surface area contributed by atoms with E-state index in [2.05, 4.69) is 5.32 Å². The average Bonchev–Trinajstić information content (AvgIpc) is 2.46. The Labute approximate surface area is 118 Å². The van der Waals surface area contributed by atoms with Crippen molar-refractivity contribution in [2.24, 2.45) is 11.7 Å². The van der Waals surface area contributed by atoms with Gasteiger partial charge in [-0.15, -0.1) is 0 Å². The normalized spacial score (nSPS) is 17.2. The highest BCUT2D eigenvalue weighted by molar-refractivity contribution is 5.97. The minimum atomic E-state index is -0.139. The molecule has 1 unspecified atom stereocenters. The zero-order valence-electron chi connectivity index (χ0n) is 12.0. The third kappa shape index (κ3) is 2.38. The van der Waals surface area contributed by atoms with E-state index < -0.39 is 0 Å². The average molecular weight is 280 g/mol. The SMILES string of the molecule is COc1cc2c(c(OC)c1OC)CC(CCN)C(=O)N2. The highest BCUT2D eigenvalue weighted by Gasteiger charge is 2.31. The van der Waals surface area contributed by atoms with Crippen LogP contribution in [0.15, 0.2) is 6.07 Å². The maximum Gasteiger partial charge on any atom is 0.227 e. The highest BCUT2D eigenvalue weighted by Crippen LogP contribution is 2.46. The molecule has 110 valence electrons. The molecular formula is C14H20N2O4. The van der Waals surface area contributed by atoms with Gasteiger partial charge in [0.25, 0.3) is 0 Å². The standard InChI is InChI=1S/C14H20N2O4/c1-18-11-7-10-9(12(19-2)13(11)20-3)6-8(4-5-15)14(17)16-10/h7-8H,4-6,15H2,1-3H3,(H,16,17). The number of carbonyl (C=O) groups is 1. The number of nitrogens with one attached hydrogen (secondary N) is 1. The topological polar surface area (TPSA) is 82.8 Å². The Hall–Kier alpha value is -1.95. The second-order valence-electron chi connectivity index (χ2n) is 4.64. The summed E-state index contributed by atoms with van der Waals surface area (Å²) in [4.78, 5) is 12.0. The molecule has 0 fully saturated rings. The first-order valence-corrected chi connectivity index (χ1v) is 6.49. The number of fused-ring (bicyclic) bond motifs is 1. The summed E-state index contributed by atoms with van der Waals surface area (Å²) < 4.78 is 16.1. The summed E-state index contributed by atoms with van der Waals surface area (Å²) >= 11 is 0. The minimum Gasteiger partial charge on any atom is -0.493 e. The molecule has 20 heavy (non-hydrogen) atoms. The summed E-state index contributed by atoms with van der Waals surface area (Å²) in [6.07, 6.45) is 1.23. The summed E-state index contributed by atoms with van der Waals surface area (Å²) in [6, 6.07) is 1.76. The van der Waals surface area contributed by atoms with Crippen LogP contribution in [-0.2, 0) is 11.2 Å². The summed E-state index contributed by atoms with van der Waals surface area (Å²) in [6.45, 7) is 0.475. The molecule has 1 aliphatic rings. The number of ether oxygens (including phenoxy) is 3. The molecule has 0 radical (unpaired) electrons. The number of nitrogens with two attached hydrogens (primary N) is 1. The van der Waals surface area contributed by atoms with Gasteiger partial charge in [-0.25, -0.2) is 0 Å². The Bertz CT molecular complexity index is 516. The summed E-state index contributed by atoms with van der Waals surface area (Å²) in [5.41, 5.74) is 7.18. The first-order chi connectivity index (χ1) is 9.65. The van der Waals surface area contributed by atoms with E-state index in [0.29, 0.717) is 42.3 Å². The van der Waals surface area contributed by atoms with Crippen LogP contribution < -0.4 is 25.3 Å². The van der Waals surface area contributed by atoms with Crippen LogP contribution in [0, 0.1) is 5.92 Å². The van der Waals surface area contributed by atoms with Gasteiger partial charge < -0.3 is 25.3 Å². The minimum absolute atomic E-state index is 0.0165. The fourth-order valence-electron chi connectivity index (χ4n) is 2.54. The molecule has 0 spiro atoms. The molecule has 6 heteroatoms. The molecule has 1 aromatic carbocycles. The zero-order chi connectivity index (χ0) is 14.7. The quantitative estimate of drug-likeness (QED) is 0.846. The van der Waals surface area contributed by atoms with E-state index in [-0.39, 0.29) is 11.8 Å². The van der Waals surface area contributed by atoms with Crippen LogP contribution in [-0.4, -0.2) is 33.8 Å². The van der Waals surface area contributed by atoms with E-state index in [1.807, 2.05) is 0 Å². The van der Waals surface area contributed by atoms with Crippen LogP contribution in [0.1, 0.15) is 12.0 Å². The molecule has 0 aliphatic carbocycles. The van der Waals surface area contributed by atoms with Gasteiger partial charge in [0, 0.05) is 17.5 Å². The number of hydrogen-bond acceptors (Lipinski definition) is 5. The Morgan fingerprint density at radius 3 is 2.50 bits per heavy atom. The van der Waals surface area contributed by atoms with Gasteiger partial charge in [-0.3, -0.25) is 4.79 Å². The van der Waals surface area contributed by atoms with Gasteiger partial charge in [-0.05, 0) is 19.4 Å². The maximum absolute atomic E-state index is 12.0. The lowest BCUT2D eigenvalue weighted by Crippen LogP contribution is -2.31. The van der Waals surface area contributed by atoms with Gasteiger partial charge >= 0.3 is 0 Å². The van der Waals surface area contributed by atoms with Crippen molar-refractivity contribution in [1.82, 2.24) is 0 Å². The number of benzene rings is 1. The van der Waals surface area contributed by atoms with Gasteiger partial charge in [0.1, 0.15) is 0 Å². The van der Waals surface area contributed by atoms with Crippen LogP contribution in [0.5, 0.6) is 17.2 Å². The van der Waals surface area contributed by atoms with Crippen LogP contribution in [0.4, 0.5) is 5.69 Å². The number of anilines is 1. The molecule has 1 aromatic rings. The molecule has 3 N–H and O–H groups in total. The van der Waals surface area contributed by atoms with Crippen molar-refractivity contribution in [3.8, 4) is 17.2 Å². The Kier molecular flexibility index (Phi) is 4.34. The summed E-state index contributed by atoms with van der Waals surface area (Å²) in [7, 11) is 4.68. The Morgan fingerprint density at radius 2 is 1.95 bits per heavy atom. The van der Waals surface area contributed by atoms with Crippen molar-refractivity contribution < 1.29 is 19.0 Å². The Balaban J connectivity index is 2.51. The molecule has 1 aliphatic heterocycles. The van der Waals surface area contributed by atoms with Crippen molar-refractivity contribution in [2.75, 3.05) is 33.2 Å². The van der Waals surface area contributed by atoms with Crippen molar-refractivity contribution in [3.63, 3.8) is 0 Å². The first kappa shape index (κ1) is 14.5. The van der Waals surface area contributed by atoms with Gasteiger partial charge in [0.05, 0.1) is 27.0 Å². The maximum atomic E-state index is 12.0. The number of methoxy groups -OCH3 is 3.